The summed E-state index contributed by atoms with van der Waals surface area (Å²) in [4.78, 5) is 29.5. The van der Waals surface area contributed by atoms with E-state index in [9.17, 15) is 22.8 Å². The van der Waals surface area contributed by atoms with E-state index in [1.807, 2.05) is 55.5 Å². The molecule has 1 fully saturated rings. The van der Waals surface area contributed by atoms with Crippen LogP contribution in [0.25, 0.3) is 11.1 Å². The van der Waals surface area contributed by atoms with E-state index in [4.69, 9.17) is 4.74 Å². The molecule has 0 spiro atoms. The monoisotopic (exact) mass is 551 g/mol. The number of unbranched alkanes of at least 4 members (excludes halogenated alkanes) is 1. The molecule has 0 saturated carbocycles. The molecule has 210 valence electrons. The molecule has 2 atom stereocenters. The van der Waals surface area contributed by atoms with Crippen LogP contribution in [-0.4, -0.2) is 55.3 Å². The summed E-state index contributed by atoms with van der Waals surface area (Å²) in [6.07, 6.45) is -3.21. The van der Waals surface area contributed by atoms with Gasteiger partial charge >= 0.3 is 12.3 Å². The Labute approximate surface area is 231 Å². The number of alkyl halides is 3. The molecule has 5 rings (SSSR count). The number of fused-ring (bicyclic) bond motifs is 3. The molecule has 3 aromatic rings. The van der Waals surface area contributed by atoms with E-state index in [1.165, 1.54) is 0 Å². The van der Waals surface area contributed by atoms with Crippen LogP contribution in [-0.2, 0) is 4.79 Å². The number of hydrogen-bond acceptors (Lipinski definition) is 4. The molecule has 3 aromatic carbocycles. The van der Waals surface area contributed by atoms with Crippen molar-refractivity contribution in [1.29, 1.82) is 0 Å². The highest BCUT2D eigenvalue weighted by Crippen LogP contribution is 2.50. The molecule has 0 radical (unpaired) electrons. The van der Waals surface area contributed by atoms with Gasteiger partial charge in [0.15, 0.2) is 0 Å². The highest BCUT2D eigenvalue weighted by atomic mass is 19.4. The van der Waals surface area contributed by atoms with Crippen molar-refractivity contribution in [3.63, 3.8) is 0 Å². The van der Waals surface area contributed by atoms with E-state index in [-0.39, 0.29) is 12.6 Å². The molecular formula is C31H32F3N3O3. The van der Waals surface area contributed by atoms with E-state index in [0.717, 1.165) is 32.8 Å². The van der Waals surface area contributed by atoms with Gasteiger partial charge in [-0.3, -0.25) is 4.79 Å². The Morgan fingerprint density at radius 1 is 1.00 bits per heavy atom. The number of carbonyl (C=O) groups excluding carboxylic acids is 2. The molecule has 0 bridgehead atoms. The Balaban J connectivity index is 1.41. The number of para-hydroxylation sites is 1. The van der Waals surface area contributed by atoms with Crippen molar-refractivity contribution < 1.29 is 27.5 Å². The van der Waals surface area contributed by atoms with Crippen LogP contribution in [0.15, 0.2) is 72.8 Å². The van der Waals surface area contributed by atoms with Crippen molar-refractivity contribution in [2.24, 2.45) is 0 Å². The summed E-state index contributed by atoms with van der Waals surface area (Å²) < 4.78 is 46.0. The zero-order valence-corrected chi connectivity index (χ0v) is 22.3. The van der Waals surface area contributed by atoms with Crippen LogP contribution in [0.4, 0.5) is 23.7 Å². The van der Waals surface area contributed by atoms with Crippen LogP contribution >= 0.6 is 0 Å². The van der Waals surface area contributed by atoms with Crippen LogP contribution in [0.2, 0.25) is 0 Å². The average Bonchev–Trinajstić information content (AvgIpc) is 3.53. The number of hydrogen-bond donors (Lipinski definition) is 1. The summed E-state index contributed by atoms with van der Waals surface area (Å²) in [5, 5.41) is 2.91. The van der Waals surface area contributed by atoms with Crippen molar-refractivity contribution in [2.45, 2.75) is 44.3 Å². The maximum Gasteiger partial charge on any atom is 0.412 e. The predicted molar refractivity (Wildman–Crippen MR) is 147 cm³/mol. The van der Waals surface area contributed by atoms with Crippen molar-refractivity contribution in [3.8, 4) is 16.9 Å². The third-order valence-corrected chi connectivity index (χ3v) is 7.45. The van der Waals surface area contributed by atoms with E-state index < -0.39 is 30.6 Å². The van der Waals surface area contributed by atoms with Crippen molar-refractivity contribution in [2.75, 3.05) is 31.1 Å². The van der Waals surface area contributed by atoms with Gasteiger partial charge in [0, 0.05) is 30.9 Å². The molecule has 2 unspecified atom stereocenters. The maximum atomic E-state index is 13.9. The number of benzene rings is 3. The quantitative estimate of drug-likeness (QED) is 0.354. The number of halogens is 3. The van der Waals surface area contributed by atoms with Gasteiger partial charge in [0.1, 0.15) is 12.3 Å². The van der Waals surface area contributed by atoms with Gasteiger partial charge in [0.25, 0.3) is 0 Å². The van der Waals surface area contributed by atoms with E-state index in [0.29, 0.717) is 38.1 Å². The summed E-state index contributed by atoms with van der Waals surface area (Å²) in [6.45, 7) is 1.76. The van der Waals surface area contributed by atoms with Crippen molar-refractivity contribution >= 4 is 17.7 Å². The first kappa shape index (κ1) is 27.6. The standard InChI is InChI=1S/C31H32F3N3O3/c1-2-3-17-37(20-31(32,33)34)29(38)28-25-13-8-7-12-23(25)24-14-9-15-26(27(24)28)36-18-16-21(19-36)35-30(39)40-22-10-5-4-6-11-22/h4-15,21,28H,2-3,16-20H2,1H3,(H,35,39). The third kappa shape index (κ3) is 5.93. The van der Waals surface area contributed by atoms with Gasteiger partial charge in [-0.05, 0) is 47.7 Å². The van der Waals surface area contributed by atoms with Gasteiger partial charge in [0.2, 0.25) is 5.91 Å². The summed E-state index contributed by atoms with van der Waals surface area (Å²) in [5.74, 6) is -0.928. The summed E-state index contributed by atoms with van der Waals surface area (Å²) >= 11 is 0. The van der Waals surface area contributed by atoms with Gasteiger partial charge < -0.3 is 19.9 Å². The first-order valence-corrected chi connectivity index (χ1v) is 13.6. The zero-order chi connectivity index (χ0) is 28.3. The fourth-order valence-electron chi connectivity index (χ4n) is 5.68. The molecule has 0 aromatic heterocycles. The molecule has 2 amide bonds. The van der Waals surface area contributed by atoms with Gasteiger partial charge in [-0.25, -0.2) is 4.79 Å². The highest BCUT2D eigenvalue weighted by Gasteiger charge is 2.42. The minimum Gasteiger partial charge on any atom is -0.410 e. The fraction of sp³-hybridized carbons (Fsp3) is 0.355. The van der Waals surface area contributed by atoms with E-state index in [1.54, 1.807) is 24.3 Å². The molecule has 40 heavy (non-hydrogen) atoms. The SMILES string of the molecule is CCCCN(CC(F)(F)F)C(=O)C1c2ccccc2-c2cccc(N3CCC(NC(=O)Oc4ccccc4)C3)c21. The molecular weight excluding hydrogens is 519 g/mol. The molecule has 1 N–H and O–H groups in total. The third-order valence-electron chi connectivity index (χ3n) is 7.45. The van der Waals surface area contributed by atoms with E-state index >= 15 is 0 Å². The first-order chi connectivity index (χ1) is 19.2. The Morgan fingerprint density at radius 2 is 1.73 bits per heavy atom. The van der Waals surface area contributed by atoms with Crippen LogP contribution in [0.5, 0.6) is 5.75 Å². The van der Waals surface area contributed by atoms with Crippen LogP contribution in [0.3, 0.4) is 0 Å². The lowest BCUT2D eigenvalue weighted by Gasteiger charge is -2.30. The second-order valence-corrected chi connectivity index (χ2v) is 10.3. The Bertz CT molecular complexity index is 1360. The average molecular weight is 552 g/mol. The van der Waals surface area contributed by atoms with Crippen molar-refractivity contribution in [1.82, 2.24) is 10.2 Å². The zero-order valence-electron chi connectivity index (χ0n) is 22.3. The van der Waals surface area contributed by atoms with Gasteiger partial charge in [0.05, 0.1) is 12.0 Å². The summed E-state index contributed by atoms with van der Waals surface area (Å²) in [7, 11) is 0. The Morgan fingerprint density at radius 3 is 2.48 bits per heavy atom. The fourth-order valence-corrected chi connectivity index (χ4v) is 5.68. The maximum absolute atomic E-state index is 13.9. The number of rotatable bonds is 8. The number of ether oxygens (including phenoxy) is 1. The Hall–Kier alpha value is -4.01. The number of amides is 2. The van der Waals surface area contributed by atoms with E-state index in [2.05, 4.69) is 10.2 Å². The number of nitrogens with zero attached hydrogens (tertiary/aromatic N) is 2. The smallest absolute Gasteiger partial charge is 0.410 e. The lowest BCUT2D eigenvalue weighted by Crippen LogP contribution is -2.42. The second-order valence-electron chi connectivity index (χ2n) is 10.3. The first-order valence-electron chi connectivity index (χ1n) is 13.6. The van der Waals surface area contributed by atoms with Gasteiger partial charge in [-0.2, -0.15) is 13.2 Å². The predicted octanol–water partition coefficient (Wildman–Crippen LogP) is 6.36. The lowest BCUT2D eigenvalue weighted by atomic mass is 9.93. The van der Waals surface area contributed by atoms with Gasteiger partial charge in [-0.15, -0.1) is 0 Å². The van der Waals surface area contributed by atoms with Crippen LogP contribution in [0, 0.1) is 0 Å². The number of nitrogens with one attached hydrogen (secondary N) is 1. The normalized spacial score (nSPS) is 17.8. The molecule has 6 nitrogen and oxygen atoms in total. The molecule has 9 heteroatoms. The minimum atomic E-state index is -4.49. The van der Waals surface area contributed by atoms with Crippen LogP contribution in [0.1, 0.15) is 43.2 Å². The molecule has 1 heterocycles. The van der Waals surface area contributed by atoms with Crippen molar-refractivity contribution in [3.05, 3.63) is 83.9 Å². The number of anilines is 1. The van der Waals surface area contributed by atoms with Crippen LogP contribution < -0.4 is 15.0 Å². The topological polar surface area (TPSA) is 61.9 Å². The molecule has 1 aliphatic carbocycles. The minimum absolute atomic E-state index is 0.0459. The second kappa shape index (κ2) is 11.6. The van der Waals surface area contributed by atoms with Gasteiger partial charge in [-0.1, -0.05) is 67.9 Å². The summed E-state index contributed by atoms with van der Waals surface area (Å²) in [5.41, 5.74) is 3.97. The molecule has 2 aliphatic rings. The highest BCUT2D eigenvalue weighted by molar-refractivity contribution is 5.99. The molecule has 1 aliphatic heterocycles. The largest absolute Gasteiger partial charge is 0.412 e. The summed E-state index contributed by atoms with van der Waals surface area (Å²) in [6, 6.07) is 21.8. The number of carbonyl (C=O) groups is 2. The Kier molecular flexibility index (Phi) is 8.00. The lowest BCUT2D eigenvalue weighted by molar-refractivity contribution is -0.161. The molecule has 1 saturated heterocycles.